The third kappa shape index (κ3) is 10.8. The molecule has 4 nitrogen and oxygen atoms in total. The fourth-order valence-corrected chi connectivity index (χ4v) is 20.4. The zero-order valence-electron chi connectivity index (χ0n) is 61.9. The Kier molecular flexibility index (Phi) is 15.3. The predicted molar refractivity (Wildman–Crippen MR) is 489 cm³/mol. The van der Waals surface area contributed by atoms with Gasteiger partial charge in [0.05, 0.1) is 44.1 Å². The van der Waals surface area contributed by atoms with Gasteiger partial charge in [0.1, 0.15) is 0 Å². The molecule has 6 heteroatoms. The molecule has 0 atom stereocenters. The molecule has 24 rings (SSSR count). The second-order valence-electron chi connectivity index (χ2n) is 29.9. The molecule has 532 valence electrons. The van der Waals surface area contributed by atoms with Crippen molar-refractivity contribution in [1.82, 2.24) is 18.3 Å². The van der Waals surface area contributed by atoms with Crippen LogP contribution < -0.4 is 0 Å². The van der Waals surface area contributed by atoms with Crippen molar-refractivity contribution in [3.05, 3.63) is 413 Å². The van der Waals surface area contributed by atoms with Crippen molar-refractivity contribution >= 4 is 150 Å². The zero-order chi connectivity index (χ0) is 74.9. The van der Waals surface area contributed by atoms with Crippen LogP contribution >= 0.6 is 22.7 Å². The Morgan fingerprint density at radius 3 is 0.868 bits per heavy atom. The Morgan fingerprint density at radius 1 is 0.140 bits per heavy atom. The normalized spacial score (nSPS) is 11.9. The van der Waals surface area contributed by atoms with E-state index in [1.54, 1.807) is 0 Å². The molecule has 0 bridgehead atoms. The highest BCUT2D eigenvalue weighted by atomic mass is 32.1. The summed E-state index contributed by atoms with van der Waals surface area (Å²) in [5, 5.41) is 15.3. The van der Waals surface area contributed by atoms with Crippen LogP contribution in [0.15, 0.2) is 413 Å². The Labute approximate surface area is 665 Å². The van der Waals surface area contributed by atoms with Crippen LogP contribution in [-0.2, 0) is 0 Å². The minimum atomic E-state index is 1.16. The molecule has 6 aromatic heterocycles. The van der Waals surface area contributed by atoms with E-state index < -0.39 is 0 Å². The van der Waals surface area contributed by atoms with Gasteiger partial charge in [-0.15, -0.1) is 22.7 Å². The van der Waals surface area contributed by atoms with E-state index in [1.165, 1.54) is 194 Å². The molecule has 114 heavy (non-hydrogen) atoms. The first-order valence-electron chi connectivity index (χ1n) is 39.0. The summed E-state index contributed by atoms with van der Waals surface area (Å²) in [5.41, 5.74) is 28.9. The van der Waals surface area contributed by atoms with Crippen molar-refractivity contribution in [1.29, 1.82) is 0 Å². The van der Waals surface area contributed by atoms with Crippen LogP contribution in [0, 0.1) is 0 Å². The van der Waals surface area contributed by atoms with Crippen LogP contribution in [-0.4, -0.2) is 18.3 Å². The van der Waals surface area contributed by atoms with E-state index in [0.717, 1.165) is 22.7 Å². The van der Waals surface area contributed by atoms with E-state index in [9.17, 15) is 0 Å². The fourth-order valence-electron chi connectivity index (χ4n) is 18.2. The lowest BCUT2D eigenvalue weighted by Gasteiger charge is -2.11. The van der Waals surface area contributed by atoms with Crippen LogP contribution in [0.3, 0.4) is 0 Å². The van der Waals surface area contributed by atoms with Crippen molar-refractivity contribution in [2.75, 3.05) is 0 Å². The summed E-state index contributed by atoms with van der Waals surface area (Å²) in [6.07, 6.45) is 0. The van der Waals surface area contributed by atoms with E-state index in [2.05, 4.69) is 431 Å². The molecular formula is C108H68N4S2. The topological polar surface area (TPSA) is 19.7 Å². The second-order valence-corrected chi connectivity index (χ2v) is 32.0. The minimum absolute atomic E-state index is 1.16. The van der Waals surface area contributed by atoms with E-state index in [1.807, 2.05) is 22.7 Å². The van der Waals surface area contributed by atoms with Crippen molar-refractivity contribution in [2.24, 2.45) is 0 Å². The first-order valence-corrected chi connectivity index (χ1v) is 40.6. The second kappa shape index (κ2) is 26.7. The van der Waals surface area contributed by atoms with Gasteiger partial charge in [-0.05, 0) is 231 Å². The fraction of sp³-hybridized carbons (Fsp3) is 0. The van der Waals surface area contributed by atoms with Gasteiger partial charge in [-0.25, -0.2) is 0 Å². The molecule has 0 unspecified atom stereocenters. The molecule has 0 spiro atoms. The summed E-state index contributed by atoms with van der Waals surface area (Å²) in [4.78, 5) is 0. The summed E-state index contributed by atoms with van der Waals surface area (Å²) in [6, 6.07) is 151. The summed E-state index contributed by atoms with van der Waals surface area (Å²) in [6.45, 7) is 0. The van der Waals surface area contributed by atoms with Crippen molar-refractivity contribution < 1.29 is 0 Å². The monoisotopic (exact) mass is 1480 g/mol. The van der Waals surface area contributed by atoms with Crippen LogP contribution in [0.25, 0.3) is 217 Å². The molecule has 0 amide bonds. The molecule has 18 aromatic carbocycles. The van der Waals surface area contributed by atoms with Crippen LogP contribution in [0.4, 0.5) is 0 Å². The molecule has 0 fully saturated rings. The molecule has 24 aromatic rings. The van der Waals surface area contributed by atoms with Gasteiger partial charge in [0, 0.05) is 106 Å². The standard InChI is InChI=1S/2C54H34N2S/c1-3-13-35(14-4-1)36-15-11-18-41(31-36)56-48-22-9-7-19-43(48)45-32-37(25-28-49(45)56)38-26-29-50-46(33-38)47-34-39(27-30-51(47)55(50)40-16-5-2-6-17-40)42-21-12-24-53-54(42)44-20-8-10-23-52(44)57-53;1-3-12-35(13-4-1)36-14-11-17-42(30-36)56-49-20-9-7-18-43(49)45-31-37(22-26-50(45)56)38-23-27-51-46(32-38)47-33-39(24-28-52(47)55(51)41-15-5-2-6-16-41)40-25-29-54-48(34-40)44-19-8-10-21-53(44)57-54/h2*1-34H. The quantitative estimate of drug-likeness (QED) is 0.130. The van der Waals surface area contributed by atoms with E-state index in [-0.39, 0.29) is 0 Å². The maximum absolute atomic E-state index is 2.42. The Balaban J connectivity index is 0.000000135. The minimum Gasteiger partial charge on any atom is -0.309 e. The lowest BCUT2D eigenvalue weighted by Crippen LogP contribution is -1.94. The highest BCUT2D eigenvalue weighted by Gasteiger charge is 2.22. The van der Waals surface area contributed by atoms with Gasteiger partial charge in [0.2, 0.25) is 0 Å². The predicted octanol–water partition coefficient (Wildman–Crippen LogP) is 30.5. The number of benzene rings is 18. The summed E-state index contributed by atoms with van der Waals surface area (Å²) < 4.78 is 15.0. The Morgan fingerprint density at radius 2 is 0.412 bits per heavy atom. The summed E-state index contributed by atoms with van der Waals surface area (Å²) in [5.74, 6) is 0. The largest absolute Gasteiger partial charge is 0.309 e. The molecule has 6 heterocycles. The van der Waals surface area contributed by atoms with E-state index >= 15 is 0 Å². The summed E-state index contributed by atoms with van der Waals surface area (Å²) >= 11 is 3.74. The maximum atomic E-state index is 2.42. The lowest BCUT2D eigenvalue weighted by atomic mass is 9.97. The van der Waals surface area contributed by atoms with Gasteiger partial charge >= 0.3 is 0 Å². The number of para-hydroxylation sites is 4. The first kappa shape index (κ1) is 65.5. The van der Waals surface area contributed by atoms with Gasteiger partial charge in [-0.1, -0.05) is 249 Å². The Bertz CT molecular complexity index is 7970. The average Bonchev–Trinajstić information content (AvgIpc) is 1.59. The number of hydrogen-bond donors (Lipinski definition) is 0. The zero-order valence-corrected chi connectivity index (χ0v) is 63.5. The van der Waals surface area contributed by atoms with Crippen molar-refractivity contribution in [3.8, 4) is 89.5 Å². The third-order valence-electron chi connectivity index (χ3n) is 23.4. The maximum Gasteiger partial charge on any atom is 0.0541 e. The van der Waals surface area contributed by atoms with Crippen LogP contribution in [0.1, 0.15) is 0 Å². The smallest absolute Gasteiger partial charge is 0.0541 e. The van der Waals surface area contributed by atoms with Crippen molar-refractivity contribution in [2.45, 2.75) is 0 Å². The molecule has 0 saturated heterocycles. The number of fused-ring (bicyclic) bond motifs is 18. The third-order valence-corrected chi connectivity index (χ3v) is 25.7. The number of hydrogen-bond acceptors (Lipinski definition) is 2. The number of nitrogens with zero attached hydrogens (tertiary/aromatic N) is 4. The molecule has 0 aliphatic carbocycles. The molecule has 0 aliphatic rings. The molecular weight excluding hydrogens is 1420 g/mol. The van der Waals surface area contributed by atoms with Crippen molar-refractivity contribution in [3.63, 3.8) is 0 Å². The van der Waals surface area contributed by atoms with Gasteiger partial charge in [-0.2, -0.15) is 0 Å². The van der Waals surface area contributed by atoms with Gasteiger partial charge in [0.15, 0.2) is 0 Å². The lowest BCUT2D eigenvalue weighted by molar-refractivity contribution is 1.18. The highest BCUT2D eigenvalue weighted by molar-refractivity contribution is 7.26. The van der Waals surface area contributed by atoms with Gasteiger partial charge in [0.25, 0.3) is 0 Å². The van der Waals surface area contributed by atoms with E-state index in [0.29, 0.717) is 0 Å². The molecule has 0 saturated carbocycles. The highest BCUT2D eigenvalue weighted by Crippen LogP contribution is 2.47. The SMILES string of the molecule is c1ccc(-c2cccc(-n3c4ccccc4c4cc(-c5ccc6c(c5)c5cc(-c7ccc8sc9ccccc9c8c7)ccc5n6-c5ccccc5)ccc43)c2)cc1.c1ccc(-c2cccc(-n3c4ccccc4c4cc(-c5ccc6c(c5)c5cc(-c7cccc8sc9ccccc9c78)ccc5n6-c5ccccc5)ccc43)c2)cc1. The number of rotatable bonds is 10. The van der Waals surface area contributed by atoms with Gasteiger partial charge < -0.3 is 18.3 Å². The summed E-state index contributed by atoms with van der Waals surface area (Å²) in [7, 11) is 0. The van der Waals surface area contributed by atoms with Gasteiger partial charge in [-0.3, -0.25) is 0 Å². The number of thiophene rings is 2. The molecule has 0 aliphatic heterocycles. The molecule has 0 N–H and O–H groups in total. The van der Waals surface area contributed by atoms with Crippen LogP contribution in [0.2, 0.25) is 0 Å². The molecule has 0 radical (unpaired) electrons. The first-order chi connectivity index (χ1) is 56.5. The average molecular weight is 1490 g/mol. The Hall–Kier alpha value is -14.4. The van der Waals surface area contributed by atoms with Crippen LogP contribution in [0.5, 0.6) is 0 Å². The van der Waals surface area contributed by atoms with E-state index in [4.69, 9.17) is 0 Å². The number of aromatic nitrogens is 4.